The molecule has 0 aromatic heterocycles. The average Bonchev–Trinajstić information content (AvgIpc) is 3.18. The van der Waals surface area contributed by atoms with E-state index in [1.807, 2.05) is 0 Å². The molecule has 204 valence electrons. The highest BCUT2D eigenvalue weighted by Crippen LogP contribution is 2.67. The van der Waals surface area contributed by atoms with Crippen LogP contribution in [0.3, 0.4) is 0 Å². The summed E-state index contributed by atoms with van der Waals surface area (Å²) in [7, 11) is 5.30. The molecule has 2 heterocycles. The summed E-state index contributed by atoms with van der Waals surface area (Å²) < 4.78 is 2.86. The molecule has 0 unspecified atom stereocenters. The van der Waals surface area contributed by atoms with Gasteiger partial charge in [0.15, 0.2) is 0 Å². The molecule has 0 N–H and O–H groups in total. The summed E-state index contributed by atoms with van der Waals surface area (Å²) in [5, 5.41) is 0. The highest BCUT2D eigenvalue weighted by Gasteiger charge is 2.62. The monoisotopic (exact) mass is 614 g/mol. The lowest BCUT2D eigenvalue weighted by Gasteiger charge is -2.62. The first-order valence-corrected chi connectivity index (χ1v) is 15.4. The van der Waals surface area contributed by atoms with Gasteiger partial charge in [0.25, 0.3) is 0 Å². The zero-order chi connectivity index (χ0) is 22.9. The minimum absolute atomic E-state index is 0. The second-order valence-electron chi connectivity index (χ2n) is 15.4. The van der Waals surface area contributed by atoms with Crippen molar-refractivity contribution in [2.75, 3.05) is 40.3 Å². The Labute approximate surface area is 239 Å². The van der Waals surface area contributed by atoms with Gasteiger partial charge in [-0.1, -0.05) is 13.8 Å². The number of nitrogens with zero attached hydrogens (tertiary/aromatic N) is 2. The molecule has 0 amide bonds. The SMILES string of the molecule is C[C@]12CC[C@H]3[C@@H](CC[C@H]4CC[C@@H]([N+]5(C)CCCCC5)C[C@@]43C)[C@@H]1C[C@H]([N+]1(C)CCCCC1)C2.[Br-].[Br-]. The number of hydrogen-bond donors (Lipinski definition) is 0. The van der Waals surface area contributed by atoms with Gasteiger partial charge in [-0.15, -0.1) is 0 Å². The lowest BCUT2D eigenvalue weighted by atomic mass is 9.45. The third kappa shape index (κ3) is 4.77. The predicted molar refractivity (Wildman–Crippen MR) is 139 cm³/mol. The van der Waals surface area contributed by atoms with Gasteiger partial charge in [-0.25, -0.2) is 0 Å². The Bertz CT molecular complexity index is 729. The minimum Gasteiger partial charge on any atom is -1.00 e. The Kier molecular flexibility index (Phi) is 8.63. The van der Waals surface area contributed by atoms with Crippen LogP contribution in [0.1, 0.15) is 110 Å². The summed E-state index contributed by atoms with van der Waals surface area (Å²) in [6.07, 6.45) is 23.0. The predicted octanol–water partition coefficient (Wildman–Crippen LogP) is 1.04. The van der Waals surface area contributed by atoms with Crippen LogP contribution in [0.4, 0.5) is 0 Å². The third-order valence-corrected chi connectivity index (χ3v) is 13.8. The lowest BCUT2D eigenvalue weighted by Crippen LogP contribution is -3.00. The van der Waals surface area contributed by atoms with Gasteiger partial charge in [-0.2, -0.15) is 0 Å². The van der Waals surface area contributed by atoms with Crippen molar-refractivity contribution in [3.8, 4) is 0 Å². The maximum atomic E-state index is 2.82. The van der Waals surface area contributed by atoms with Gasteiger partial charge in [0.1, 0.15) is 0 Å². The van der Waals surface area contributed by atoms with Crippen molar-refractivity contribution in [3.05, 3.63) is 0 Å². The molecule has 2 aliphatic heterocycles. The van der Waals surface area contributed by atoms with Crippen molar-refractivity contribution in [1.29, 1.82) is 0 Å². The minimum atomic E-state index is 0. The van der Waals surface area contributed by atoms with Gasteiger partial charge in [0, 0.05) is 19.3 Å². The summed E-state index contributed by atoms with van der Waals surface area (Å²) >= 11 is 0. The zero-order valence-corrected chi connectivity index (χ0v) is 26.7. The fourth-order valence-corrected chi connectivity index (χ4v) is 11.6. The number of halogens is 2. The molecule has 2 saturated heterocycles. The molecule has 35 heavy (non-hydrogen) atoms. The van der Waals surface area contributed by atoms with E-state index >= 15 is 0 Å². The normalized spacial score (nSPS) is 48.3. The molecule has 4 aliphatic carbocycles. The highest BCUT2D eigenvalue weighted by molar-refractivity contribution is 5.09. The van der Waals surface area contributed by atoms with Crippen LogP contribution in [0.2, 0.25) is 0 Å². The Morgan fingerprint density at radius 1 is 0.600 bits per heavy atom. The largest absolute Gasteiger partial charge is 1.00 e. The molecule has 0 aromatic rings. The maximum absolute atomic E-state index is 2.82. The molecule has 0 bridgehead atoms. The molecule has 2 nitrogen and oxygen atoms in total. The lowest BCUT2D eigenvalue weighted by molar-refractivity contribution is -0.940. The average molecular weight is 617 g/mol. The first-order valence-electron chi connectivity index (χ1n) is 15.4. The molecule has 0 radical (unpaired) electrons. The summed E-state index contributed by atoms with van der Waals surface area (Å²) in [6.45, 7) is 11.5. The second-order valence-corrected chi connectivity index (χ2v) is 15.4. The van der Waals surface area contributed by atoms with Crippen molar-refractivity contribution >= 4 is 0 Å². The van der Waals surface area contributed by atoms with Gasteiger partial charge >= 0.3 is 0 Å². The van der Waals surface area contributed by atoms with Gasteiger partial charge in [0.2, 0.25) is 0 Å². The summed E-state index contributed by atoms with van der Waals surface area (Å²) in [5.74, 6) is 4.17. The molecule has 6 rings (SSSR count). The first kappa shape index (κ1) is 28.9. The van der Waals surface area contributed by atoms with Crippen LogP contribution >= 0.6 is 0 Å². The first-order chi connectivity index (χ1) is 15.8. The van der Waals surface area contributed by atoms with Crippen LogP contribution in [0.25, 0.3) is 0 Å². The maximum Gasteiger partial charge on any atom is 0.0896 e. The Balaban J connectivity index is 0.00000144. The Morgan fingerprint density at radius 2 is 1.17 bits per heavy atom. The molecule has 4 heteroatoms. The molecule has 6 aliphatic rings. The third-order valence-electron chi connectivity index (χ3n) is 13.8. The molecule has 6 fully saturated rings. The van der Waals surface area contributed by atoms with Crippen LogP contribution in [0.15, 0.2) is 0 Å². The van der Waals surface area contributed by atoms with Crippen LogP contribution in [0.5, 0.6) is 0 Å². The smallest absolute Gasteiger partial charge is 0.0896 e. The summed E-state index contributed by atoms with van der Waals surface area (Å²) in [4.78, 5) is 0. The second kappa shape index (κ2) is 10.5. The standard InChI is InChI=1S/C31H56N2.2BrH/c1-30-16-15-28-27(29(30)21-26(22-30)33(4)19-9-6-10-20-33)14-12-24-11-13-25(23-31(24,28)2)32(3)17-7-5-8-18-32;;/h24-29H,5-23H2,1-4H3;2*1H/q+2;;/p-2/t24-,25-,26+,27-,28+,29+,30-,31+;;/m1../s1. The topological polar surface area (TPSA) is 0 Å². The van der Waals surface area contributed by atoms with Crippen molar-refractivity contribution in [3.63, 3.8) is 0 Å². The number of hydrogen-bond acceptors (Lipinski definition) is 0. The number of rotatable bonds is 2. The van der Waals surface area contributed by atoms with E-state index in [4.69, 9.17) is 0 Å². The van der Waals surface area contributed by atoms with Gasteiger partial charge in [-0.3, -0.25) is 0 Å². The van der Waals surface area contributed by atoms with E-state index in [-0.39, 0.29) is 34.0 Å². The van der Waals surface area contributed by atoms with E-state index in [2.05, 4.69) is 27.9 Å². The van der Waals surface area contributed by atoms with Gasteiger partial charge < -0.3 is 42.9 Å². The Morgan fingerprint density at radius 3 is 1.80 bits per heavy atom. The molecule has 0 aromatic carbocycles. The molecule has 8 atom stereocenters. The van der Waals surface area contributed by atoms with Crippen molar-refractivity contribution < 1.29 is 42.9 Å². The van der Waals surface area contributed by atoms with E-state index in [9.17, 15) is 0 Å². The van der Waals surface area contributed by atoms with Crippen molar-refractivity contribution in [2.45, 2.75) is 122 Å². The molecular weight excluding hydrogens is 560 g/mol. The molecule has 0 spiro atoms. The van der Waals surface area contributed by atoms with E-state index in [1.165, 1.54) is 80.1 Å². The fourth-order valence-electron chi connectivity index (χ4n) is 11.6. The summed E-state index contributed by atoms with van der Waals surface area (Å²) in [6, 6.07) is 1.94. The summed E-state index contributed by atoms with van der Waals surface area (Å²) in [5.41, 5.74) is 1.31. The number of piperidine rings is 2. The van der Waals surface area contributed by atoms with Gasteiger partial charge in [0.05, 0.1) is 52.4 Å². The highest BCUT2D eigenvalue weighted by atomic mass is 79.9. The van der Waals surface area contributed by atoms with Crippen LogP contribution in [-0.2, 0) is 0 Å². The van der Waals surface area contributed by atoms with Crippen molar-refractivity contribution in [2.24, 2.45) is 34.5 Å². The number of fused-ring (bicyclic) bond motifs is 5. The molecule has 4 saturated carbocycles. The van der Waals surface area contributed by atoms with E-state index in [0.29, 0.717) is 10.8 Å². The van der Waals surface area contributed by atoms with Crippen LogP contribution in [-0.4, -0.2) is 61.3 Å². The quantitative estimate of drug-likeness (QED) is 0.407. The van der Waals surface area contributed by atoms with Crippen LogP contribution < -0.4 is 34.0 Å². The van der Waals surface area contributed by atoms with Crippen molar-refractivity contribution in [1.82, 2.24) is 0 Å². The number of likely N-dealkylation sites (tertiary alicyclic amines) is 2. The Hall–Kier alpha value is 0.880. The molecular formula is C31H56Br2N2. The zero-order valence-electron chi connectivity index (χ0n) is 23.5. The van der Waals surface area contributed by atoms with E-state index < -0.39 is 0 Å². The van der Waals surface area contributed by atoms with Gasteiger partial charge in [-0.05, 0) is 112 Å². The fraction of sp³-hybridized carbons (Fsp3) is 1.00. The van der Waals surface area contributed by atoms with Crippen LogP contribution in [0, 0.1) is 34.5 Å². The van der Waals surface area contributed by atoms with E-state index in [1.54, 1.807) is 51.4 Å². The number of quaternary nitrogens is 2. The van der Waals surface area contributed by atoms with E-state index in [0.717, 1.165) is 35.8 Å².